The summed E-state index contributed by atoms with van der Waals surface area (Å²) >= 11 is 0. The van der Waals surface area contributed by atoms with Crippen molar-refractivity contribution < 1.29 is 14.4 Å². The van der Waals surface area contributed by atoms with Crippen LogP contribution in [0.4, 0.5) is 5.82 Å². The number of carbonyl (C=O) groups is 1. The molecule has 0 bridgehead atoms. The van der Waals surface area contributed by atoms with E-state index in [9.17, 15) is 4.79 Å². The van der Waals surface area contributed by atoms with Gasteiger partial charge in [0.05, 0.1) is 13.2 Å². The molecule has 1 aliphatic rings. The molecule has 1 saturated heterocycles. The van der Waals surface area contributed by atoms with Crippen LogP contribution in [0.2, 0.25) is 0 Å². The number of aryl methyl sites for hydroxylation is 2. The summed E-state index contributed by atoms with van der Waals surface area (Å²) in [6.45, 7) is 7.51. The van der Waals surface area contributed by atoms with Crippen LogP contribution >= 0.6 is 0 Å². The van der Waals surface area contributed by atoms with Crippen LogP contribution < -0.4 is 4.90 Å². The average molecular weight is 341 g/mol. The molecule has 25 heavy (non-hydrogen) atoms. The minimum Gasteiger partial charge on any atom is -0.378 e. The van der Waals surface area contributed by atoms with Gasteiger partial charge < -0.3 is 9.64 Å². The van der Waals surface area contributed by atoms with Crippen molar-refractivity contribution >= 4 is 11.7 Å². The largest absolute Gasteiger partial charge is 0.378 e. The highest BCUT2D eigenvalue weighted by atomic mass is 16.5. The quantitative estimate of drug-likeness (QED) is 0.868. The van der Waals surface area contributed by atoms with E-state index in [2.05, 4.69) is 22.1 Å². The van der Waals surface area contributed by atoms with Crippen molar-refractivity contribution in [2.75, 3.05) is 32.8 Å². The smallest absolute Gasteiger partial charge is 0.278 e. The molecule has 1 aromatic heterocycles. The summed E-state index contributed by atoms with van der Waals surface area (Å²) in [7, 11) is 0. The Bertz CT molecular complexity index is 694. The first-order valence-electron chi connectivity index (χ1n) is 8.68. The van der Waals surface area contributed by atoms with Gasteiger partial charge in [-0.3, -0.25) is 9.69 Å². The van der Waals surface area contributed by atoms with Gasteiger partial charge in [-0.2, -0.15) is 4.98 Å². The van der Waals surface area contributed by atoms with Gasteiger partial charge in [0.2, 0.25) is 5.82 Å². The molecule has 6 heteroatoms. The molecule has 6 nitrogen and oxygen atoms in total. The summed E-state index contributed by atoms with van der Waals surface area (Å²) in [4.78, 5) is 24.6. The van der Waals surface area contributed by atoms with Crippen LogP contribution in [-0.2, 0) is 16.1 Å². The number of nitrogens with one attached hydrogen (secondary N) is 1. The first kappa shape index (κ1) is 17.5. The van der Waals surface area contributed by atoms with Gasteiger partial charge in [0, 0.05) is 30.4 Å². The van der Waals surface area contributed by atoms with Crippen molar-refractivity contribution in [1.29, 1.82) is 0 Å². The van der Waals surface area contributed by atoms with E-state index in [-0.39, 0.29) is 5.91 Å². The Labute approximate surface area is 148 Å². The summed E-state index contributed by atoms with van der Waals surface area (Å²) in [5, 5.41) is 0. The maximum atomic E-state index is 12.7. The molecule has 1 aromatic carbocycles. The fourth-order valence-electron chi connectivity index (χ4n) is 3.09. The average Bonchev–Trinajstić information content (AvgIpc) is 2.62. The van der Waals surface area contributed by atoms with Crippen molar-refractivity contribution in [2.45, 2.75) is 20.4 Å². The molecule has 1 atom stereocenters. The van der Waals surface area contributed by atoms with Gasteiger partial charge in [0.1, 0.15) is 12.4 Å². The standard InChI is InChI=1S/C19H24N4O2/c1-15-12-18(21-16(2)20-15)23(13-17-6-4-3-5-7-17)14-19(24)22-8-10-25-11-9-22/h3-7,12H,8-11,13-14H2,1-2H3/p+1. The number of ether oxygens (including phenoxy) is 1. The second-order valence-electron chi connectivity index (χ2n) is 6.38. The molecule has 2 heterocycles. The lowest BCUT2D eigenvalue weighted by Gasteiger charge is -2.28. The van der Waals surface area contributed by atoms with Gasteiger partial charge in [0.25, 0.3) is 5.91 Å². The van der Waals surface area contributed by atoms with Crippen LogP contribution in [0.1, 0.15) is 17.1 Å². The molecular weight excluding hydrogens is 316 g/mol. The van der Waals surface area contributed by atoms with Gasteiger partial charge >= 0.3 is 0 Å². The normalized spacial score (nSPS) is 15.8. The van der Waals surface area contributed by atoms with Gasteiger partial charge in [-0.15, -0.1) is 0 Å². The molecule has 0 spiro atoms. The summed E-state index contributed by atoms with van der Waals surface area (Å²) < 4.78 is 5.35. The Morgan fingerprint density at radius 1 is 1.16 bits per heavy atom. The van der Waals surface area contributed by atoms with Crippen molar-refractivity contribution in [3.63, 3.8) is 0 Å². The number of hydrogen-bond acceptors (Lipinski definition) is 4. The van der Waals surface area contributed by atoms with Crippen LogP contribution in [0.5, 0.6) is 0 Å². The molecule has 1 unspecified atom stereocenters. The van der Waals surface area contributed by atoms with E-state index in [1.54, 1.807) is 0 Å². The predicted octanol–water partition coefficient (Wildman–Crippen LogP) is 0.669. The highest BCUT2D eigenvalue weighted by Gasteiger charge is 2.25. The third kappa shape index (κ3) is 4.84. The third-order valence-electron chi connectivity index (χ3n) is 4.32. The topological polar surface area (TPSA) is 59.8 Å². The molecular formula is C19H25N4O2+. The number of hydrogen-bond donors (Lipinski definition) is 1. The molecule has 1 fully saturated rings. The molecule has 132 valence electrons. The van der Waals surface area contributed by atoms with Gasteiger partial charge in [-0.1, -0.05) is 30.3 Å². The van der Waals surface area contributed by atoms with Gasteiger partial charge in [0.15, 0.2) is 6.54 Å². The highest BCUT2D eigenvalue weighted by molar-refractivity contribution is 5.77. The Morgan fingerprint density at radius 3 is 2.56 bits per heavy atom. The second-order valence-corrected chi connectivity index (χ2v) is 6.38. The maximum Gasteiger partial charge on any atom is 0.278 e. The fraction of sp³-hybridized carbons (Fsp3) is 0.421. The number of morpholine rings is 1. The van der Waals surface area contributed by atoms with Crippen molar-refractivity contribution in [3.8, 4) is 0 Å². The van der Waals surface area contributed by atoms with Crippen molar-refractivity contribution in [3.05, 3.63) is 53.5 Å². The zero-order chi connectivity index (χ0) is 17.6. The SMILES string of the molecule is Cc1cc([NH+](CC(=O)N2CCOCC2)Cc2ccccc2)nc(C)n1. The molecule has 1 N–H and O–H groups in total. The molecule has 0 aliphatic carbocycles. The highest BCUT2D eigenvalue weighted by Crippen LogP contribution is 2.04. The number of aromatic nitrogens is 2. The number of nitrogens with zero attached hydrogens (tertiary/aromatic N) is 3. The minimum absolute atomic E-state index is 0.142. The molecule has 2 aromatic rings. The monoisotopic (exact) mass is 341 g/mol. The van der Waals surface area contributed by atoms with E-state index in [0.717, 1.165) is 22.2 Å². The first-order chi connectivity index (χ1) is 12.1. The van der Waals surface area contributed by atoms with Crippen LogP contribution in [-0.4, -0.2) is 53.6 Å². The molecule has 3 rings (SSSR count). The van der Waals surface area contributed by atoms with E-state index >= 15 is 0 Å². The number of rotatable bonds is 5. The molecule has 1 amide bonds. The Hall–Kier alpha value is -2.31. The summed E-state index contributed by atoms with van der Waals surface area (Å²) in [5.74, 6) is 1.75. The van der Waals surface area contributed by atoms with E-state index in [4.69, 9.17) is 4.74 Å². The summed E-state index contributed by atoms with van der Waals surface area (Å²) in [5.41, 5.74) is 2.10. The fourth-order valence-corrected chi connectivity index (χ4v) is 3.09. The number of benzene rings is 1. The number of quaternary nitrogens is 1. The van der Waals surface area contributed by atoms with Crippen molar-refractivity contribution in [1.82, 2.24) is 14.9 Å². The number of carbonyl (C=O) groups excluding carboxylic acids is 1. The Morgan fingerprint density at radius 2 is 1.88 bits per heavy atom. The van der Waals surface area contributed by atoms with Crippen LogP contribution in [0.3, 0.4) is 0 Å². The van der Waals surface area contributed by atoms with Crippen LogP contribution in [0, 0.1) is 13.8 Å². The lowest BCUT2D eigenvalue weighted by molar-refractivity contribution is -0.841. The zero-order valence-electron chi connectivity index (χ0n) is 14.9. The zero-order valence-corrected chi connectivity index (χ0v) is 14.9. The van der Waals surface area contributed by atoms with E-state index in [1.807, 2.05) is 43.0 Å². The third-order valence-corrected chi connectivity index (χ3v) is 4.32. The molecule has 0 radical (unpaired) electrons. The summed E-state index contributed by atoms with van der Waals surface area (Å²) in [6, 6.07) is 12.2. The van der Waals surface area contributed by atoms with E-state index in [1.165, 1.54) is 5.56 Å². The van der Waals surface area contributed by atoms with Crippen molar-refractivity contribution in [2.24, 2.45) is 0 Å². The van der Waals surface area contributed by atoms with E-state index in [0.29, 0.717) is 39.4 Å². The maximum absolute atomic E-state index is 12.7. The van der Waals surface area contributed by atoms with Crippen LogP contribution in [0.15, 0.2) is 36.4 Å². The lowest BCUT2D eigenvalue weighted by Crippen LogP contribution is -3.07. The van der Waals surface area contributed by atoms with Crippen LogP contribution in [0.25, 0.3) is 0 Å². The first-order valence-corrected chi connectivity index (χ1v) is 8.68. The lowest BCUT2D eigenvalue weighted by atomic mass is 10.2. The molecule has 0 saturated carbocycles. The van der Waals surface area contributed by atoms with E-state index < -0.39 is 0 Å². The predicted molar refractivity (Wildman–Crippen MR) is 94.5 cm³/mol. The second kappa shape index (κ2) is 8.18. The van der Waals surface area contributed by atoms with Gasteiger partial charge in [-0.25, -0.2) is 4.98 Å². The molecule has 1 aliphatic heterocycles. The minimum atomic E-state index is 0.142. The number of amides is 1. The Kier molecular flexibility index (Phi) is 5.73. The van der Waals surface area contributed by atoms with Gasteiger partial charge in [-0.05, 0) is 13.8 Å². The summed E-state index contributed by atoms with van der Waals surface area (Å²) in [6.07, 6.45) is 0. The Balaban J connectivity index is 1.81.